The van der Waals surface area contributed by atoms with Crippen molar-refractivity contribution in [2.75, 3.05) is 19.6 Å². The summed E-state index contributed by atoms with van der Waals surface area (Å²) in [5.74, 6) is 0. The van der Waals surface area contributed by atoms with E-state index in [1.807, 2.05) is 0 Å². The third-order valence-electron chi connectivity index (χ3n) is 5.79. The van der Waals surface area contributed by atoms with Crippen molar-refractivity contribution in [2.45, 2.75) is 83.2 Å². The second-order valence-electron chi connectivity index (χ2n) is 7.36. The molecular weight excluding hydrogens is 232 g/mol. The van der Waals surface area contributed by atoms with Gasteiger partial charge in [0.05, 0.1) is 0 Å². The standard InChI is InChI=1S/C17H32N2/c1-2-19(16-7-3-4-8-16)14-17(11-5-6-12-17)13-18-15-9-10-15/h15-16,18H,2-14H2,1H3. The number of nitrogens with one attached hydrogen (secondary N) is 1. The smallest absolute Gasteiger partial charge is 0.00953 e. The van der Waals surface area contributed by atoms with Crippen LogP contribution in [0.1, 0.15) is 71.1 Å². The van der Waals surface area contributed by atoms with E-state index < -0.39 is 0 Å². The van der Waals surface area contributed by atoms with Crippen molar-refractivity contribution in [3.8, 4) is 0 Å². The van der Waals surface area contributed by atoms with Gasteiger partial charge in [-0.3, -0.25) is 0 Å². The molecule has 3 rings (SSSR count). The Bertz CT molecular complexity index is 273. The summed E-state index contributed by atoms with van der Waals surface area (Å²) in [4.78, 5) is 2.83. The van der Waals surface area contributed by atoms with Gasteiger partial charge in [0.15, 0.2) is 0 Å². The number of rotatable bonds is 7. The first kappa shape index (κ1) is 13.9. The van der Waals surface area contributed by atoms with Gasteiger partial charge >= 0.3 is 0 Å². The van der Waals surface area contributed by atoms with E-state index in [2.05, 4.69) is 17.1 Å². The fourth-order valence-corrected chi connectivity index (χ4v) is 4.36. The molecule has 0 amide bonds. The van der Waals surface area contributed by atoms with Gasteiger partial charge in [0.1, 0.15) is 0 Å². The Morgan fingerprint density at radius 2 is 1.68 bits per heavy atom. The maximum Gasteiger partial charge on any atom is 0.00953 e. The van der Waals surface area contributed by atoms with Crippen LogP contribution in [-0.4, -0.2) is 36.6 Å². The molecule has 3 fully saturated rings. The molecule has 0 aliphatic heterocycles. The minimum Gasteiger partial charge on any atom is -0.313 e. The van der Waals surface area contributed by atoms with Gasteiger partial charge in [-0.2, -0.15) is 0 Å². The van der Waals surface area contributed by atoms with Crippen LogP contribution in [0, 0.1) is 5.41 Å². The molecule has 2 nitrogen and oxygen atoms in total. The Balaban J connectivity index is 1.58. The molecule has 0 atom stereocenters. The van der Waals surface area contributed by atoms with Crippen molar-refractivity contribution in [1.29, 1.82) is 0 Å². The fourth-order valence-electron chi connectivity index (χ4n) is 4.36. The van der Waals surface area contributed by atoms with E-state index in [4.69, 9.17) is 0 Å². The summed E-state index contributed by atoms with van der Waals surface area (Å²) in [7, 11) is 0. The third-order valence-corrected chi connectivity index (χ3v) is 5.79. The van der Waals surface area contributed by atoms with Crippen LogP contribution in [0.25, 0.3) is 0 Å². The molecule has 0 aromatic carbocycles. The zero-order valence-corrected chi connectivity index (χ0v) is 12.8. The Morgan fingerprint density at radius 1 is 1.00 bits per heavy atom. The van der Waals surface area contributed by atoms with Gasteiger partial charge in [0.25, 0.3) is 0 Å². The van der Waals surface area contributed by atoms with Crippen LogP contribution in [0.4, 0.5) is 0 Å². The van der Waals surface area contributed by atoms with E-state index in [1.165, 1.54) is 83.8 Å². The summed E-state index contributed by atoms with van der Waals surface area (Å²) in [5.41, 5.74) is 0.612. The van der Waals surface area contributed by atoms with Crippen LogP contribution in [0.5, 0.6) is 0 Å². The monoisotopic (exact) mass is 264 g/mol. The second kappa shape index (κ2) is 6.13. The van der Waals surface area contributed by atoms with E-state index in [9.17, 15) is 0 Å². The van der Waals surface area contributed by atoms with Crippen LogP contribution in [-0.2, 0) is 0 Å². The third kappa shape index (κ3) is 3.52. The van der Waals surface area contributed by atoms with Gasteiger partial charge in [0.2, 0.25) is 0 Å². The van der Waals surface area contributed by atoms with E-state index >= 15 is 0 Å². The lowest BCUT2D eigenvalue weighted by atomic mass is 9.84. The molecule has 2 heteroatoms. The highest BCUT2D eigenvalue weighted by atomic mass is 15.2. The minimum atomic E-state index is 0.612. The van der Waals surface area contributed by atoms with Crippen LogP contribution in [0.3, 0.4) is 0 Å². The van der Waals surface area contributed by atoms with Crippen LogP contribution < -0.4 is 5.32 Å². The summed E-state index contributed by atoms with van der Waals surface area (Å²) >= 11 is 0. The molecule has 19 heavy (non-hydrogen) atoms. The van der Waals surface area contributed by atoms with Crippen LogP contribution in [0.2, 0.25) is 0 Å². The van der Waals surface area contributed by atoms with Crippen molar-refractivity contribution in [1.82, 2.24) is 10.2 Å². The van der Waals surface area contributed by atoms with E-state index in [-0.39, 0.29) is 0 Å². The number of hydrogen-bond donors (Lipinski definition) is 1. The molecule has 3 aliphatic carbocycles. The maximum absolute atomic E-state index is 3.83. The first-order chi connectivity index (χ1) is 9.31. The second-order valence-corrected chi connectivity index (χ2v) is 7.36. The first-order valence-electron chi connectivity index (χ1n) is 8.79. The van der Waals surface area contributed by atoms with Gasteiger partial charge < -0.3 is 10.2 Å². The summed E-state index contributed by atoms with van der Waals surface area (Å²) in [6, 6.07) is 1.78. The average molecular weight is 264 g/mol. The predicted molar refractivity (Wildman–Crippen MR) is 81.4 cm³/mol. The molecule has 0 radical (unpaired) electrons. The molecule has 3 aliphatic rings. The van der Waals surface area contributed by atoms with Crippen molar-refractivity contribution < 1.29 is 0 Å². The Kier molecular flexibility index (Phi) is 4.48. The van der Waals surface area contributed by atoms with Crippen molar-refractivity contribution in [3.63, 3.8) is 0 Å². The maximum atomic E-state index is 3.83. The lowest BCUT2D eigenvalue weighted by Crippen LogP contribution is -2.46. The molecule has 0 bridgehead atoms. The Labute approximate surface area is 119 Å². The fraction of sp³-hybridized carbons (Fsp3) is 1.00. The van der Waals surface area contributed by atoms with Crippen molar-refractivity contribution in [3.05, 3.63) is 0 Å². The largest absolute Gasteiger partial charge is 0.313 e. The van der Waals surface area contributed by atoms with E-state index in [0.717, 1.165) is 12.1 Å². The highest BCUT2D eigenvalue weighted by Gasteiger charge is 2.38. The lowest BCUT2D eigenvalue weighted by molar-refractivity contribution is 0.115. The minimum absolute atomic E-state index is 0.612. The highest BCUT2D eigenvalue weighted by Crippen LogP contribution is 2.40. The predicted octanol–water partition coefficient (Wildman–Crippen LogP) is 3.56. The normalized spacial score (nSPS) is 27.5. The number of hydrogen-bond acceptors (Lipinski definition) is 2. The molecule has 110 valence electrons. The summed E-state index contributed by atoms with van der Waals surface area (Å²) < 4.78 is 0. The topological polar surface area (TPSA) is 15.3 Å². The highest BCUT2D eigenvalue weighted by molar-refractivity contribution is 4.94. The zero-order chi connectivity index (χ0) is 13.1. The first-order valence-corrected chi connectivity index (χ1v) is 8.79. The number of nitrogens with zero attached hydrogens (tertiary/aromatic N) is 1. The summed E-state index contributed by atoms with van der Waals surface area (Å²) in [5, 5.41) is 3.83. The summed E-state index contributed by atoms with van der Waals surface area (Å²) in [6.07, 6.45) is 14.6. The molecular formula is C17H32N2. The zero-order valence-electron chi connectivity index (χ0n) is 12.8. The molecule has 0 aromatic heterocycles. The van der Waals surface area contributed by atoms with Gasteiger partial charge in [-0.05, 0) is 50.5 Å². The van der Waals surface area contributed by atoms with Crippen molar-refractivity contribution in [2.24, 2.45) is 5.41 Å². The van der Waals surface area contributed by atoms with E-state index in [1.54, 1.807) is 0 Å². The lowest BCUT2D eigenvalue weighted by Gasteiger charge is -2.38. The van der Waals surface area contributed by atoms with Gasteiger partial charge in [-0.25, -0.2) is 0 Å². The Morgan fingerprint density at radius 3 is 2.26 bits per heavy atom. The molecule has 0 unspecified atom stereocenters. The SMILES string of the molecule is CCN(CC1(CNC2CC2)CCCC1)C1CCCC1. The molecule has 3 saturated carbocycles. The van der Waals surface area contributed by atoms with Crippen LogP contribution >= 0.6 is 0 Å². The molecule has 1 N–H and O–H groups in total. The average Bonchev–Trinajstić information content (AvgIpc) is 2.93. The Hall–Kier alpha value is -0.0800. The molecule has 0 spiro atoms. The van der Waals surface area contributed by atoms with Crippen molar-refractivity contribution >= 4 is 0 Å². The van der Waals surface area contributed by atoms with Gasteiger partial charge in [-0.1, -0.05) is 32.6 Å². The molecule has 0 saturated heterocycles. The van der Waals surface area contributed by atoms with Gasteiger partial charge in [-0.15, -0.1) is 0 Å². The van der Waals surface area contributed by atoms with Gasteiger partial charge in [0, 0.05) is 25.2 Å². The van der Waals surface area contributed by atoms with E-state index in [0.29, 0.717) is 5.41 Å². The van der Waals surface area contributed by atoms with Crippen LogP contribution in [0.15, 0.2) is 0 Å². The summed E-state index contributed by atoms with van der Waals surface area (Å²) in [6.45, 7) is 6.29. The quantitative estimate of drug-likeness (QED) is 0.756. The molecule has 0 heterocycles. The molecule has 0 aromatic rings.